The van der Waals surface area contributed by atoms with Crippen LogP contribution in [0, 0.1) is 6.92 Å². The normalized spacial score (nSPS) is 8.25. The maximum Gasteiger partial charge on any atom is 0.0390 e. The SMILES string of the molecule is C=Cc1ccc(C)cc1N.CC. The third-order valence-electron chi connectivity index (χ3n) is 1.46. The minimum Gasteiger partial charge on any atom is -0.398 e. The number of anilines is 1. The van der Waals surface area contributed by atoms with Gasteiger partial charge in [-0.15, -0.1) is 0 Å². The first-order valence-corrected chi connectivity index (χ1v) is 4.22. The summed E-state index contributed by atoms with van der Waals surface area (Å²) in [4.78, 5) is 0. The van der Waals surface area contributed by atoms with Crippen LogP contribution in [0.15, 0.2) is 24.8 Å². The molecule has 1 aromatic carbocycles. The Morgan fingerprint density at radius 2 is 1.92 bits per heavy atom. The van der Waals surface area contributed by atoms with Crippen molar-refractivity contribution in [2.45, 2.75) is 20.8 Å². The van der Waals surface area contributed by atoms with E-state index in [0.29, 0.717) is 0 Å². The molecule has 0 amide bonds. The molecule has 0 aliphatic rings. The molecule has 0 saturated carbocycles. The van der Waals surface area contributed by atoms with Crippen molar-refractivity contribution in [2.75, 3.05) is 5.73 Å². The molecule has 0 fully saturated rings. The predicted molar refractivity (Wildman–Crippen MR) is 57.0 cm³/mol. The Kier molecular flexibility index (Phi) is 4.86. The second-order valence-electron chi connectivity index (χ2n) is 2.34. The lowest BCUT2D eigenvalue weighted by Crippen LogP contribution is -1.88. The van der Waals surface area contributed by atoms with Crippen LogP contribution in [0.4, 0.5) is 5.69 Å². The van der Waals surface area contributed by atoms with Gasteiger partial charge in [0.15, 0.2) is 0 Å². The van der Waals surface area contributed by atoms with Gasteiger partial charge >= 0.3 is 0 Å². The molecule has 0 atom stereocenters. The number of hydrogen-bond acceptors (Lipinski definition) is 1. The van der Waals surface area contributed by atoms with Crippen molar-refractivity contribution in [1.29, 1.82) is 0 Å². The molecule has 1 nitrogen and oxygen atoms in total. The lowest BCUT2D eigenvalue weighted by molar-refractivity contribution is 1.46. The van der Waals surface area contributed by atoms with Gasteiger partial charge in [-0.05, 0) is 24.1 Å². The van der Waals surface area contributed by atoms with Gasteiger partial charge in [0.2, 0.25) is 0 Å². The average Bonchev–Trinajstić information content (AvgIpc) is 2.08. The fraction of sp³-hybridized carbons (Fsp3) is 0.273. The van der Waals surface area contributed by atoms with Gasteiger partial charge in [-0.3, -0.25) is 0 Å². The molecule has 0 heterocycles. The van der Waals surface area contributed by atoms with E-state index in [9.17, 15) is 0 Å². The Morgan fingerprint density at radius 1 is 1.33 bits per heavy atom. The maximum absolute atomic E-state index is 5.66. The number of benzene rings is 1. The monoisotopic (exact) mass is 163 g/mol. The zero-order chi connectivity index (χ0) is 9.56. The highest BCUT2D eigenvalue weighted by Gasteiger charge is 1.91. The van der Waals surface area contributed by atoms with Crippen molar-refractivity contribution < 1.29 is 0 Å². The lowest BCUT2D eigenvalue weighted by Gasteiger charge is -1.99. The average molecular weight is 163 g/mol. The summed E-state index contributed by atoms with van der Waals surface area (Å²) in [6.45, 7) is 9.66. The molecule has 0 radical (unpaired) electrons. The van der Waals surface area contributed by atoms with Crippen molar-refractivity contribution in [1.82, 2.24) is 0 Å². The van der Waals surface area contributed by atoms with Gasteiger partial charge in [0.05, 0.1) is 0 Å². The summed E-state index contributed by atoms with van der Waals surface area (Å²) in [6, 6.07) is 5.93. The molecule has 0 unspecified atom stereocenters. The molecule has 1 aromatic rings. The largest absolute Gasteiger partial charge is 0.398 e. The molecule has 0 saturated heterocycles. The molecule has 1 rings (SSSR count). The third-order valence-corrected chi connectivity index (χ3v) is 1.46. The third kappa shape index (κ3) is 2.79. The maximum atomic E-state index is 5.66. The van der Waals surface area contributed by atoms with Crippen LogP contribution in [0.5, 0.6) is 0 Å². The summed E-state index contributed by atoms with van der Waals surface area (Å²) in [5.41, 5.74) is 8.65. The molecule has 0 aromatic heterocycles. The van der Waals surface area contributed by atoms with E-state index >= 15 is 0 Å². The Hall–Kier alpha value is -1.24. The van der Waals surface area contributed by atoms with Crippen LogP contribution in [0.1, 0.15) is 25.0 Å². The highest BCUT2D eigenvalue weighted by molar-refractivity contribution is 5.63. The first-order valence-electron chi connectivity index (χ1n) is 4.22. The van der Waals surface area contributed by atoms with Gasteiger partial charge in [0, 0.05) is 5.69 Å². The molecule has 0 aliphatic carbocycles. The number of aryl methyl sites for hydroxylation is 1. The number of nitrogens with two attached hydrogens (primary N) is 1. The van der Waals surface area contributed by atoms with E-state index in [-0.39, 0.29) is 0 Å². The molecular weight excluding hydrogens is 146 g/mol. The number of nitrogen functional groups attached to an aromatic ring is 1. The van der Waals surface area contributed by atoms with Crippen LogP contribution >= 0.6 is 0 Å². The van der Waals surface area contributed by atoms with Crippen molar-refractivity contribution in [3.63, 3.8) is 0 Å². The zero-order valence-corrected chi connectivity index (χ0v) is 8.09. The first-order chi connectivity index (χ1) is 5.74. The molecule has 0 aliphatic heterocycles. The Morgan fingerprint density at radius 3 is 2.33 bits per heavy atom. The summed E-state index contributed by atoms with van der Waals surface area (Å²) in [5.74, 6) is 0. The lowest BCUT2D eigenvalue weighted by atomic mass is 10.1. The summed E-state index contributed by atoms with van der Waals surface area (Å²) in [7, 11) is 0. The highest BCUT2D eigenvalue weighted by Crippen LogP contribution is 2.13. The van der Waals surface area contributed by atoms with Crippen LogP contribution in [0.25, 0.3) is 6.08 Å². The number of rotatable bonds is 1. The van der Waals surface area contributed by atoms with E-state index in [0.717, 1.165) is 11.3 Å². The standard InChI is InChI=1S/C9H11N.C2H6/c1-3-8-5-4-7(2)6-9(8)10;1-2/h3-6H,1,10H2,2H3;1-2H3. The second kappa shape index (κ2) is 5.42. The van der Waals surface area contributed by atoms with Gasteiger partial charge in [-0.1, -0.05) is 38.6 Å². The Labute approximate surface area is 74.9 Å². The van der Waals surface area contributed by atoms with Crippen molar-refractivity contribution in [3.05, 3.63) is 35.9 Å². The molecular formula is C11H17N. The molecule has 66 valence electrons. The van der Waals surface area contributed by atoms with Crippen molar-refractivity contribution in [3.8, 4) is 0 Å². The summed E-state index contributed by atoms with van der Waals surface area (Å²) in [6.07, 6.45) is 1.76. The summed E-state index contributed by atoms with van der Waals surface area (Å²) < 4.78 is 0. The number of hydrogen-bond donors (Lipinski definition) is 1. The second-order valence-corrected chi connectivity index (χ2v) is 2.34. The fourth-order valence-corrected chi connectivity index (χ4v) is 0.880. The van der Waals surface area contributed by atoms with Crippen molar-refractivity contribution in [2.24, 2.45) is 0 Å². The molecule has 1 heteroatoms. The molecule has 0 bridgehead atoms. The van der Waals surface area contributed by atoms with E-state index in [1.807, 2.05) is 39.0 Å². The summed E-state index contributed by atoms with van der Waals surface area (Å²) in [5, 5.41) is 0. The van der Waals surface area contributed by atoms with Crippen LogP contribution in [-0.2, 0) is 0 Å². The van der Waals surface area contributed by atoms with E-state index in [1.165, 1.54) is 5.56 Å². The van der Waals surface area contributed by atoms with Gasteiger partial charge in [-0.2, -0.15) is 0 Å². The van der Waals surface area contributed by atoms with Gasteiger partial charge in [0.1, 0.15) is 0 Å². The first kappa shape index (κ1) is 10.8. The fourth-order valence-electron chi connectivity index (χ4n) is 0.880. The van der Waals surface area contributed by atoms with Gasteiger partial charge in [0.25, 0.3) is 0 Å². The van der Waals surface area contributed by atoms with E-state index in [4.69, 9.17) is 5.73 Å². The van der Waals surface area contributed by atoms with Gasteiger partial charge < -0.3 is 5.73 Å². The highest BCUT2D eigenvalue weighted by atomic mass is 14.5. The molecule has 2 N–H and O–H groups in total. The zero-order valence-electron chi connectivity index (χ0n) is 8.09. The topological polar surface area (TPSA) is 26.0 Å². The van der Waals surface area contributed by atoms with Crippen molar-refractivity contribution >= 4 is 11.8 Å². The smallest absolute Gasteiger partial charge is 0.0390 e. The Bertz CT molecular complexity index is 251. The van der Waals surface area contributed by atoms with E-state index in [2.05, 4.69) is 6.58 Å². The van der Waals surface area contributed by atoms with Crippen LogP contribution < -0.4 is 5.73 Å². The predicted octanol–water partition coefficient (Wildman–Crippen LogP) is 3.25. The minimum absolute atomic E-state index is 0.801. The van der Waals surface area contributed by atoms with Crippen LogP contribution in [0.3, 0.4) is 0 Å². The Balaban J connectivity index is 0.000000561. The quantitative estimate of drug-likeness (QED) is 0.632. The molecule has 12 heavy (non-hydrogen) atoms. The van der Waals surface area contributed by atoms with E-state index < -0.39 is 0 Å². The van der Waals surface area contributed by atoms with Crippen LogP contribution in [-0.4, -0.2) is 0 Å². The minimum atomic E-state index is 0.801. The van der Waals surface area contributed by atoms with E-state index in [1.54, 1.807) is 6.08 Å². The van der Waals surface area contributed by atoms with Gasteiger partial charge in [-0.25, -0.2) is 0 Å². The summed E-state index contributed by atoms with van der Waals surface area (Å²) >= 11 is 0. The van der Waals surface area contributed by atoms with Crippen LogP contribution in [0.2, 0.25) is 0 Å². The molecule has 0 spiro atoms.